The van der Waals surface area contributed by atoms with E-state index < -0.39 is 0 Å². The van der Waals surface area contributed by atoms with E-state index in [0.29, 0.717) is 6.61 Å². The van der Waals surface area contributed by atoms with Crippen LogP contribution >= 0.6 is 0 Å². The van der Waals surface area contributed by atoms with Gasteiger partial charge in [-0.25, -0.2) is 0 Å². The van der Waals surface area contributed by atoms with E-state index in [0.717, 1.165) is 37.1 Å². The highest BCUT2D eigenvalue weighted by Crippen LogP contribution is 2.23. The Hall–Kier alpha value is -1.59. The zero-order chi connectivity index (χ0) is 14.5. The molecule has 5 heteroatoms. The zero-order valence-electron chi connectivity index (χ0n) is 11.9. The van der Waals surface area contributed by atoms with Crippen molar-refractivity contribution in [1.29, 1.82) is 5.41 Å². The van der Waals surface area contributed by atoms with Gasteiger partial charge in [-0.05, 0) is 43.5 Å². The monoisotopic (exact) mass is 277 g/mol. The Morgan fingerprint density at radius 3 is 2.70 bits per heavy atom. The van der Waals surface area contributed by atoms with Gasteiger partial charge in [0.25, 0.3) is 0 Å². The van der Waals surface area contributed by atoms with E-state index in [4.69, 9.17) is 21.0 Å². The molecule has 0 amide bonds. The van der Waals surface area contributed by atoms with Crippen molar-refractivity contribution < 1.29 is 9.84 Å². The number of amidine groups is 1. The van der Waals surface area contributed by atoms with E-state index in [9.17, 15) is 0 Å². The molecular formula is C15H23N3O2. The van der Waals surface area contributed by atoms with Gasteiger partial charge >= 0.3 is 0 Å². The van der Waals surface area contributed by atoms with Crippen molar-refractivity contribution in [1.82, 2.24) is 0 Å². The molecule has 1 aromatic carbocycles. The van der Waals surface area contributed by atoms with Crippen molar-refractivity contribution in [3.05, 3.63) is 29.3 Å². The molecule has 1 aliphatic rings. The number of hydrogen-bond acceptors (Lipinski definition) is 4. The van der Waals surface area contributed by atoms with Gasteiger partial charge in [0, 0.05) is 24.3 Å². The highest BCUT2D eigenvalue weighted by molar-refractivity contribution is 5.96. The van der Waals surface area contributed by atoms with Gasteiger partial charge in [0.2, 0.25) is 0 Å². The van der Waals surface area contributed by atoms with Crippen LogP contribution in [0.4, 0.5) is 5.69 Å². The highest BCUT2D eigenvalue weighted by Gasteiger charge is 2.20. The van der Waals surface area contributed by atoms with E-state index in [1.54, 1.807) is 0 Å². The van der Waals surface area contributed by atoms with Gasteiger partial charge < -0.3 is 20.5 Å². The number of hydrogen-bond donors (Lipinski definition) is 3. The van der Waals surface area contributed by atoms with Crippen LogP contribution in [0.5, 0.6) is 0 Å². The van der Waals surface area contributed by atoms with Crippen molar-refractivity contribution in [2.45, 2.75) is 25.9 Å². The van der Waals surface area contributed by atoms with E-state index in [1.807, 2.05) is 19.1 Å². The van der Waals surface area contributed by atoms with Crippen LogP contribution in [0.3, 0.4) is 0 Å². The van der Waals surface area contributed by atoms with E-state index >= 15 is 0 Å². The molecule has 0 unspecified atom stereocenters. The van der Waals surface area contributed by atoms with E-state index in [2.05, 4.69) is 11.0 Å². The average Bonchev–Trinajstić information content (AvgIpc) is 2.45. The first kappa shape index (κ1) is 14.8. The lowest BCUT2D eigenvalue weighted by molar-refractivity contribution is 0.0159. The molecule has 0 bridgehead atoms. The maximum atomic E-state index is 8.77. The molecule has 0 aromatic heterocycles. The summed E-state index contributed by atoms with van der Waals surface area (Å²) in [6.45, 7) is 4.41. The standard InChI is InChI=1S/C15H23N3O2/c1-11-10-12(2-3-14(11)15(16)17)18-6-4-13(5-7-18)20-9-8-19/h2-3,10,13,19H,4-9H2,1H3,(H3,16,17). The first-order valence-electron chi connectivity index (χ1n) is 7.04. The largest absolute Gasteiger partial charge is 0.394 e. The number of nitrogens with zero attached hydrogens (tertiary/aromatic N) is 1. The molecule has 1 fully saturated rings. The predicted molar refractivity (Wildman–Crippen MR) is 80.5 cm³/mol. The number of nitrogens with one attached hydrogen (secondary N) is 1. The number of benzene rings is 1. The number of aryl methyl sites for hydroxylation is 1. The molecule has 0 aliphatic carbocycles. The van der Waals surface area contributed by atoms with Gasteiger partial charge in [-0.2, -0.15) is 0 Å². The topological polar surface area (TPSA) is 82.6 Å². The van der Waals surface area contributed by atoms with Crippen LogP contribution in [0.1, 0.15) is 24.0 Å². The van der Waals surface area contributed by atoms with Crippen LogP contribution in [-0.2, 0) is 4.74 Å². The smallest absolute Gasteiger partial charge is 0.123 e. The summed E-state index contributed by atoms with van der Waals surface area (Å²) in [4.78, 5) is 2.33. The molecule has 5 nitrogen and oxygen atoms in total. The third-order valence-corrected chi connectivity index (χ3v) is 3.75. The predicted octanol–water partition coefficient (Wildman–Crippen LogP) is 1.26. The van der Waals surface area contributed by atoms with Crippen molar-refractivity contribution in [2.75, 3.05) is 31.2 Å². The molecule has 1 aliphatic heterocycles. The molecule has 0 saturated carbocycles. The summed E-state index contributed by atoms with van der Waals surface area (Å²) >= 11 is 0. The molecule has 0 radical (unpaired) electrons. The second-order valence-electron chi connectivity index (χ2n) is 5.19. The van der Waals surface area contributed by atoms with Gasteiger partial charge in [0.05, 0.1) is 19.3 Å². The molecule has 2 rings (SSSR count). The molecule has 1 saturated heterocycles. The van der Waals surface area contributed by atoms with Crippen LogP contribution in [-0.4, -0.2) is 43.3 Å². The average molecular weight is 277 g/mol. The first-order chi connectivity index (χ1) is 9.61. The summed E-state index contributed by atoms with van der Waals surface area (Å²) in [5, 5.41) is 16.3. The number of aliphatic hydroxyl groups excluding tert-OH is 1. The highest BCUT2D eigenvalue weighted by atomic mass is 16.5. The maximum absolute atomic E-state index is 8.77. The number of anilines is 1. The normalized spacial score (nSPS) is 16.4. The van der Waals surface area contributed by atoms with Crippen LogP contribution in [0, 0.1) is 12.3 Å². The minimum Gasteiger partial charge on any atom is -0.394 e. The Morgan fingerprint density at radius 2 is 2.15 bits per heavy atom. The SMILES string of the molecule is Cc1cc(N2CCC(OCCO)CC2)ccc1C(=N)N. The number of nitrogen functional groups attached to an aromatic ring is 1. The fraction of sp³-hybridized carbons (Fsp3) is 0.533. The number of nitrogens with two attached hydrogens (primary N) is 1. The van der Waals surface area contributed by atoms with Crippen LogP contribution < -0.4 is 10.6 Å². The fourth-order valence-corrected chi connectivity index (χ4v) is 2.65. The Kier molecular flexibility index (Phi) is 4.98. The van der Waals surface area contributed by atoms with Crippen LogP contribution in [0.15, 0.2) is 18.2 Å². The summed E-state index contributed by atoms with van der Waals surface area (Å²) in [7, 11) is 0. The van der Waals surface area contributed by atoms with Crippen molar-refractivity contribution >= 4 is 11.5 Å². The minimum absolute atomic E-state index is 0.0892. The third-order valence-electron chi connectivity index (χ3n) is 3.75. The Labute approximate surface area is 119 Å². The van der Waals surface area contributed by atoms with E-state index in [-0.39, 0.29) is 18.5 Å². The summed E-state index contributed by atoms with van der Waals surface area (Å²) in [5.41, 5.74) is 8.55. The molecule has 110 valence electrons. The van der Waals surface area contributed by atoms with Crippen molar-refractivity contribution in [3.8, 4) is 0 Å². The van der Waals surface area contributed by atoms with Gasteiger partial charge in [0.15, 0.2) is 0 Å². The Balaban J connectivity index is 1.97. The zero-order valence-corrected chi connectivity index (χ0v) is 11.9. The van der Waals surface area contributed by atoms with Gasteiger partial charge in [0.1, 0.15) is 5.84 Å². The quantitative estimate of drug-likeness (QED) is 0.559. The molecule has 1 heterocycles. The van der Waals surface area contributed by atoms with E-state index in [1.165, 1.54) is 5.69 Å². The number of aliphatic hydroxyl groups is 1. The van der Waals surface area contributed by atoms with Crippen molar-refractivity contribution in [2.24, 2.45) is 5.73 Å². The fourth-order valence-electron chi connectivity index (χ4n) is 2.65. The molecule has 0 spiro atoms. The summed E-state index contributed by atoms with van der Waals surface area (Å²) < 4.78 is 5.57. The Bertz CT molecular complexity index is 468. The molecule has 4 N–H and O–H groups in total. The van der Waals surface area contributed by atoms with Crippen molar-refractivity contribution in [3.63, 3.8) is 0 Å². The molecular weight excluding hydrogens is 254 g/mol. The Morgan fingerprint density at radius 1 is 1.45 bits per heavy atom. The van der Waals surface area contributed by atoms with Crippen LogP contribution in [0.25, 0.3) is 0 Å². The van der Waals surface area contributed by atoms with Gasteiger partial charge in [-0.15, -0.1) is 0 Å². The molecule has 20 heavy (non-hydrogen) atoms. The number of rotatable bonds is 5. The second-order valence-corrected chi connectivity index (χ2v) is 5.19. The lowest BCUT2D eigenvalue weighted by Gasteiger charge is -2.33. The lowest BCUT2D eigenvalue weighted by Crippen LogP contribution is -2.37. The molecule has 0 atom stereocenters. The maximum Gasteiger partial charge on any atom is 0.123 e. The first-order valence-corrected chi connectivity index (χ1v) is 7.04. The second kappa shape index (κ2) is 6.72. The summed E-state index contributed by atoms with van der Waals surface area (Å²) in [6.07, 6.45) is 2.22. The number of piperidine rings is 1. The lowest BCUT2D eigenvalue weighted by atomic mass is 10.0. The van der Waals surface area contributed by atoms with Gasteiger partial charge in [-0.1, -0.05) is 0 Å². The summed E-state index contributed by atoms with van der Waals surface area (Å²) in [6, 6.07) is 6.03. The number of ether oxygens (including phenoxy) is 1. The molecule has 1 aromatic rings. The third kappa shape index (κ3) is 3.49. The van der Waals surface area contributed by atoms with Gasteiger partial charge in [-0.3, -0.25) is 5.41 Å². The minimum atomic E-state index is 0.0892. The summed E-state index contributed by atoms with van der Waals surface area (Å²) in [5.74, 6) is 0.116. The van der Waals surface area contributed by atoms with Crippen LogP contribution in [0.2, 0.25) is 0 Å².